The van der Waals surface area contributed by atoms with Crippen LogP contribution in [0.15, 0.2) is 59.8 Å². The SMILES string of the molecule is CCS(=O)(=O)c1cc(-c2ccc(C3CC3)cc2)cnc1-c1cc2ncc(C(F)(F)F)cc2n1C1CC1. The summed E-state index contributed by atoms with van der Waals surface area (Å²) >= 11 is 0. The molecular weight excluding hydrogens is 487 g/mol. The van der Waals surface area contributed by atoms with E-state index in [0.717, 1.165) is 30.7 Å². The van der Waals surface area contributed by atoms with Crippen LogP contribution in [-0.2, 0) is 16.0 Å². The minimum absolute atomic E-state index is 0.0172. The number of sulfone groups is 1. The highest BCUT2D eigenvalue weighted by molar-refractivity contribution is 7.91. The zero-order valence-corrected chi connectivity index (χ0v) is 20.4. The Balaban J connectivity index is 1.52. The van der Waals surface area contributed by atoms with E-state index in [2.05, 4.69) is 22.1 Å². The lowest BCUT2D eigenvalue weighted by molar-refractivity contribution is -0.137. The summed E-state index contributed by atoms with van der Waals surface area (Å²) in [6.07, 6.45) is 1.93. The maximum atomic E-state index is 13.4. The Hall–Kier alpha value is -3.20. The zero-order valence-electron chi connectivity index (χ0n) is 19.6. The van der Waals surface area contributed by atoms with Gasteiger partial charge >= 0.3 is 6.18 Å². The number of pyridine rings is 2. The largest absolute Gasteiger partial charge is 0.417 e. The molecule has 5 nitrogen and oxygen atoms in total. The quantitative estimate of drug-likeness (QED) is 0.286. The molecule has 0 N–H and O–H groups in total. The Kier molecular flexibility index (Phi) is 5.26. The Labute approximate surface area is 206 Å². The van der Waals surface area contributed by atoms with Crippen LogP contribution in [0.3, 0.4) is 0 Å². The van der Waals surface area contributed by atoms with Crippen molar-refractivity contribution >= 4 is 20.9 Å². The smallest absolute Gasteiger partial charge is 0.335 e. The molecule has 0 atom stereocenters. The van der Waals surface area contributed by atoms with Gasteiger partial charge in [0.25, 0.3) is 0 Å². The highest BCUT2D eigenvalue weighted by atomic mass is 32.2. The number of alkyl halides is 3. The molecule has 2 saturated carbocycles. The third kappa shape index (κ3) is 4.09. The van der Waals surface area contributed by atoms with Crippen LogP contribution in [0.1, 0.15) is 55.7 Å². The normalized spacial score (nSPS) is 16.6. The third-order valence-electron chi connectivity index (χ3n) is 7.03. The number of halogens is 3. The van der Waals surface area contributed by atoms with Gasteiger partial charge < -0.3 is 4.57 Å². The summed E-state index contributed by atoms with van der Waals surface area (Å²) in [4.78, 5) is 8.73. The molecule has 0 amide bonds. The van der Waals surface area contributed by atoms with Gasteiger partial charge in [-0.1, -0.05) is 31.2 Å². The molecule has 0 aliphatic heterocycles. The first kappa shape index (κ1) is 23.2. The highest BCUT2D eigenvalue weighted by Crippen LogP contribution is 2.45. The van der Waals surface area contributed by atoms with E-state index in [-0.39, 0.29) is 22.4 Å². The van der Waals surface area contributed by atoms with Crippen molar-refractivity contribution in [3.05, 3.63) is 66.0 Å². The summed E-state index contributed by atoms with van der Waals surface area (Å²) in [5.74, 6) is 0.498. The zero-order chi connectivity index (χ0) is 25.2. The minimum Gasteiger partial charge on any atom is -0.335 e. The number of hydrogen-bond acceptors (Lipinski definition) is 4. The van der Waals surface area contributed by atoms with Gasteiger partial charge in [-0.05, 0) is 60.9 Å². The van der Waals surface area contributed by atoms with E-state index in [9.17, 15) is 21.6 Å². The number of benzene rings is 1. The topological polar surface area (TPSA) is 64.8 Å². The number of nitrogens with zero attached hydrogens (tertiary/aromatic N) is 3. The molecule has 2 fully saturated rings. The lowest BCUT2D eigenvalue weighted by atomic mass is 10.0. The fourth-order valence-corrected chi connectivity index (χ4v) is 5.78. The first-order valence-corrected chi connectivity index (χ1v) is 13.7. The van der Waals surface area contributed by atoms with Crippen molar-refractivity contribution in [2.75, 3.05) is 5.75 Å². The van der Waals surface area contributed by atoms with Crippen molar-refractivity contribution in [1.82, 2.24) is 14.5 Å². The van der Waals surface area contributed by atoms with Crippen LogP contribution in [-0.4, -0.2) is 28.7 Å². The predicted octanol–water partition coefficient (Wildman–Crippen LogP) is 6.79. The first-order valence-electron chi connectivity index (χ1n) is 12.1. The number of hydrogen-bond donors (Lipinski definition) is 0. The van der Waals surface area contributed by atoms with Crippen molar-refractivity contribution < 1.29 is 21.6 Å². The molecule has 1 aromatic carbocycles. The number of fused-ring (bicyclic) bond motifs is 1. The van der Waals surface area contributed by atoms with Crippen molar-refractivity contribution in [3.63, 3.8) is 0 Å². The molecule has 3 heterocycles. The molecule has 0 unspecified atom stereocenters. The van der Waals surface area contributed by atoms with E-state index >= 15 is 0 Å². The van der Waals surface area contributed by atoms with Crippen molar-refractivity contribution in [2.45, 2.75) is 55.6 Å². The molecule has 0 bridgehead atoms. The maximum Gasteiger partial charge on any atom is 0.417 e. The van der Waals surface area contributed by atoms with Gasteiger partial charge in [-0.15, -0.1) is 0 Å². The molecule has 0 radical (unpaired) electrons. The monoisotopic (exact) mass is 511 g/mol. The number of aromatic nitrogens is 3. The molecule has 186 valence electrons. The van der Waals surface area contributed by atoms with Gasteiger partial charge in [0.1, 0.15) is 5.69 Å². The van der Waals surface area contributed by atoms with E-state index < -0.39 is 21.6 Å². The second-order valence-corrected chi connectivity index (χ2v) is 11.9. The van der Waals surface area contributed by atoms with Gasteiger partial charge in [-0.2, -0.15) is 13.2 Å². The van der Waals surface area contributed by atoms with Crippen molar-refractivity contribution in [1.29, 1.82) is 0 Å². The maximum absolute atomic E-state index is 13.4. The summed E-state index contributed by atoms with van der Waals surface area (Å²) in [5, 5.41) is 0. The van der Waals surface area contributed by atoms with Crippen LogP contribution < -0.4 is 0 Å². The van der Waals surface area contributed by atoms with Crippen LogP contribution in [0.4, 0.5) is 13.2 Å². The standard InChI is InChI=1S/C27H24F3N3O2S/c1-2-36(34,35)25-11-19(18-7-5-17(6-8-18)16-3-4-16)14-32-26(25)24-13-22-23(33(24)21-9-10-21)12-20(15-31-22)27(28,29)30/h5-8,11-16,21H,2-4,9-10H2,1H3. The summed E-state index contributed by atoms with van der Waals surface area (Å²) in [5.41, 5.74) is 3.43. The average Bonchev–Trinajstić information content (AvgIpc) is 3.80. The van der Waals surface area contributed by atoms with Crippen LogP contribution >= 0.6 is 0 Å². The van der Waals surface area contributed by atoms with E-state index in [1.165, 1.54) is 18.4 Å². The second kappa shape index (κ2) is 8.16. The molecule has 0 saturated heterocycles. The Bertz CT molecular complexity index is 1580. The molecule has 6 rings (SSSR count). The molecule has 4 aromatic rings. The van der Waals surface area contributed by atoms with Crippen LogP contribution in [0, 0.1) is 0 Å². The van der Waals surface area contributed by atoms with Crippen LogP contribution in [0.25, 0.3) is 33.5 Å². The molecular formula is C27H24F3N3O2S. The van der Waals surface area contributed by atoms with Gasteiger partial charge in [0.05, 0.1) is 32.9 Å². The summed E-state index contributed by atoms with van der Waals surface area (Å²) in [6, 6.07) is 12.5. The highest BCUT2D eigenvalue weighted by Gasteiger charge is 2.35. The molecule has 3 aromatic heterocycles. The number of rotatable bonds is 6. The van der Waals surface area contributed by atoms with E-state index in [0.29, 0.717) is 28.2 Å². The molecule has 2 aliphatic rings. The van der Waals surface area contributed by atoms with Crippen molar-refractivity contribution in [2.24, 2.45) is 0 Å². The van der Waals surface area contributed by atoms with E-state index in [1.807, 2.05) is 12.1 Å². The Morgan fingerprint density at radius 2 is 1.67 bits per heavy atom. The molecule has 0 spiro atoms. The average molecular weight is 512 g/mol. The van der Waals surface area contributed by atoms with Gasteiger partial charge in [-0.3, -0.25) is 9.97 Å². The summed E-state index contributed by atoms with van der Waals surface area (Å²) in [7, 11) is -3.69. The third-order valence-corrected chi connectivity index (χ3v) is 8.77. The summed E-state index contributed by atoms with van der Waals surface area (Å²) < 4.78 is 68.4. The fraction of sp³-hybridized carbons (Fsp3) is 0.333. The molecule has 2 aliphatic carbocycles. The Morgan fingerprint density at radius 1 is 0.944 bits per heavy atom. The van der Waals surface area contributed by atoms with Gasteiger partial charge in [0.15, 0.2) is 9.84 Å². The van der Waals surface area contributed by atoms with E-state index in [1.54, 1.807) is 29.8 Å². The van der Waals surface area contributed by atoms with Crippen LogP contribution in [0.2, 0.25) is 0 Å². The van der Waals surface area contributed by atoms with Crippen molar-refractivity contribution in [3.8, 4) is 22.5 Å². The predicted molar refractivity (Wildman–Crippen MR) is 131 cm³/mol. The first-order chi connectivity index (χ1) is 17.2. The van der Waals surface area contributed by atoms with Gasteiger partial charge in [0, 0.05) is 24.0 Å². The molecule has 9 heteroatoms. The fourth-order valence-electron chi connectivity index (χ4n) is 4.71. The lowest BCUT2D eigenvalue weighted by Crippen LogP contribution is -2.09. The molecule has 36 heavy (non-hydrogen) atoms. The summed E-state index contributed by atoms with van der Waals surface area (Å²) in [6.45, 7) is 1.57. The van der Waals surface area contributed by atoms with Gasteiger partial charge in [0.2, 0.25) is 0 Å². The second-order valence-electron chi connectivity index (χ2n) is 9.63. The van der Waals surface area contributed by atoms with Gasteiger partial charge in [-0.25, -0.2) is 8.42 Å². The van der Waals surface area contributed by atoms with E-state index in [4.69, 9.17) is 0 Å². The lowest BCUT2D eigenvalue weighted by Gasteiger charge is -2.15. The Morgan fingerprint density at radius 3 is 2.28 bits per heavy atom. The minimum atomic E-state index is -4.52. The van der Waals surface area contributed by atoms with Crippen LogP contribution in [0.5, 0.6) is 0 Å².